The molecule has 4 rings (SSSR count). The number of hydrogen-bond donors (Lipinski definition) is 0. The van der Waals surface area contributed by atoms with Crippen LogP contribution in [0.25, 0.3) is 10.9 Å². The molecule has 2 aromatic rings. The molecule has 2 heterocycles. The quantitative estimate of drug-likeness (QED) is 0.746. The second kappa shape index (κ2) is 8.11. The van der Waals surface area contributed by atoms with Crippen molar-refractivity contribution in [1.82, 2.24) is 9.88 Å². The number of benzene rings is 1. The highest BCUT2D eigenvalue weighted by Crippen LogP contribution is 2.32. The minimum absolute atomic E-state index is 0.0175. The van der Waals surface area contributed by atoms with Gasteiger partial charge in [-0.1, -0.05) is 25.1 Å². The number of pyridine rings is 1. The molecular weight excluding hydrogens is 368 g/mol. The lowest BCUT2D eigenvalue weighted by atomic mass is 9.84. The van der Waals surface area contributed by atoms with Crippen LogP contribution in [0.15, 0.2) is 24.3 Å². The van der Waals surface area contributed by atoms with Gasteiger partial charge in [0.05, 0.1) is 23.3 Å². The van der Waals surface area contributed by atoms with Crippen LogP contribution in [-0.2, 0) is 27.1 Å². The highest BCUT2D eigenvalue weighted by atomic mass is 16.5. The number of hydrogen-bond acceptors (Lipinski definition) is 5. The van der Waals surface area contributed by atoms with Gasteiger partial charge < -0.3 is 14.4 Å². The summed E-state index contributed by atoms with van der Waals surface area (Å²) in [5.41, 5.74) is 3.34. The van der Waals surface area contributed by atoms with E-state index in [9.17, 15) is 9.59 Å². The van der Waals surface area contributed by atoms with Crippen LogP contribution in [0.2, 0.25) is 0 Å². The van der Waals surface area contributed by atoms with Crippen molar-refractivity contribution in [3.63, 3.8) is 0 Å². The number of carbonyl (C=O) groups is 2. The molecule has 1 fully saturated rings. The molecule has 154 valence electrons. The van der Waals surface area contributed by atoms with Crippen LogP contribution in [0.1, 0.15) is 48.8 Å². The van der Waals surface area contributed by atoms with Crippen LogP contribution < -0.4 is 0 Å². The Kier molecular flexibility index (Phi) is 5.54. The molecule has 0 unspecified atom stereocenters. The van der Waals surface area contributed by atoms with Crippen LogP contribution in [0.5, 0.6) is 0 Å². The Morgan fingerprint density at radius 3 is 2.66 bits per heavy atom. The molecule has 0 N–H and O–H groups in total. The number of esters is 1. The van der Waals surface area contributed by atoms with Gasteiger partial charge in [0.15, 0.2) is 6.61 Å². The van der Waals surface area contributed by atoms with E-state index in [0.717, 1.165) is 41.4 Å². The first kappa shape index (κ1) is 19.8. The number of nitrogens with zero attached hydrogens (tertiary/aromatic N) is 2. The van der Waals surface area contributed by atoms with Crippen molar-refractivity contribution in [1.29, 1.82) is 0 Å². The van der Waals surface area contributed by atoms with Gasteiger partial charge in [-0.25, -0.2) is 4.79 Å². The van der Waals surface area contributed by atoms with Crippen molar-refractivity contribution in [2.24, 2.45) is 5.92 Å². The molecule has 3 atom stereocenters. The number of aryl methyl sites for hydroxylation is 1. The molecule has 6 nitrogen and oxygen atoms in total. The summed E-state index contributed by atoms with van der Waals surface area (Å²) in [6.45, 7) is 6.87. The second-order valence-electron chi connectivity index (χ2n) is 8.41. The first-order valence-corrected chi connectivity index (χ1v) is 10.4. The maximum Gasteiger partial charge on any atom is 0.339 e. The molecule has 0 radical (unpaired) electrons. The SMILES string of the molecule is C[C@@H]1CCc2nc3ccccc3c(C(=O)OCC(=O)N3C[C@H](C)O[C@@H](C)C3)c2C1. The van der Waals surface area contributed by atoms with E-state index >= 15 is 0 Å². The minimum Gasteiger partial charge on any atom is -0.452 e. The maximum atomic E-state index is 13.1. The molecule has 29 heavy (non-hydrogen) atoms. The van der Waals surface area contributed by atoms with Crippen LogP contribution in [0.3, 0.4) is 0 Å². The molecule has 1 aromatic heterocycles. The van der Waals surface area contributed by atoms with Crippen molar-refractivity contribution in [2.75, 3.05) is 19.7 Å². The van der Waals surface area contributed by atoms with E-state index in [2.05, 4.69) is 6.92 Å². The van der Waals surface area contributed by atoms with Gasteiger partial charge >= 0.3 is 5.97 Å². The van der Waals surface area contributed by atoms with Crippen molar-refractivity contribution < 1.29 is 19.1 Å². The summed E-state index contributed by atoms with van der Waals surface area (Å²) in [6.07, 6.45) is 2.71. The topological polar surface area (TPSA) is 68.7 Å². The third-order valence-electron chi connectivity index (χ3n) is 5.81. The summed E-state index contributed by atoms with van der Waals surface area (Å²) >= 11 is 0. The van der Waals surface area contributed by atoms with E-state index in [1.54, 1.807) is 4.90 Å². The Balaban J connectivity index is 1.57. The fourth-order valence-electron chi connectivity index (χ4n) is 4.47. The number of morpholine rings is 1. The van der Waals surface area contributed by atoms with Gasteiger partial charge in [-0.05, 0) is 50.7 Å². The molecule has 0 bridgehead atoms. The molecule has 0 spiro atoms. The average Bonchev–Trinajstić information content (AvgIpc) is 2.69. The van der Waals surface area contributed by atoms with Gasteiger partial charge in [-0.3, -0.25) is 9.78 Å². The molecule has 6 heteroatoms. The largest absolute Gasteiger partial charge is 0.452 e. The fourth-order valence-corrected chi connectivity index (χ4v) is 4.47. The van der Waals surface area contributed by atoms with Gasteiger partial charge in [0.1, 0.15) is 0 Å². The number of fused-ring (bicyclic) bond motifs is 2. The van der Waals surface area contributed by atoms with E-state index in [4.69, 9.17) is 14.5 Å². The van der Waals surface area contributed by atoms with Gasteiger partial charge in [0.25, 0.3) is 5.91 Å². The molecule has 1 saturated heterocycles. The van der Waals surface area contributed by atoms with E-state index in [-0.39, 0.29) is 24.7 Å². The summed E-state index contributed by atoms with van der Waals surface area (Å²) in [7, 11) is 0. The summed E-state index contributed by atoms with van der Waals surface area (Å²) in [6, 6.07) is 7.66. The average molecular weight is 396 g/mol. The van der Waals surface area contributed by atoms with Crippen LogP contribution in [0.4, 0.5) is 0 Å². The standard InChI is InChI=1S/C23H28N2O4/c1-14-8-9-20-18(10-14)22(17-6-4-5-7-19(17)24-20)23(27)28-13-21(26)25-11-15(2)29-16(3)12-25/h4-7,14-16H,8-13H2,1-3H3/t14-,15+,16+/m1/s1. The summed E-state index contributed by atoms with van der Waals surface area (Å²) in [5, 5.41) is 0.798. The summed E-state index contributed by atoms with van der Waals surface area (Å²) in [4.78, 5) is 32.2. The van der Waals surface area contributed by atoms with Gasteiger partial charge in [-0.2, -0.15) is 0 Å². The monoisotopic (exact) mass is 396 g/mol. The fraction of sp³-hybridized carbons (Fsp3) is 0.522. The van der Waals surface area contributed by atoms with Crippen LogP contribution in [-0.4, -0.2) is 53.7 Å². The zero-order valence-electron chi connectivity index (χ0n) is 17.3. The molecule has 1 aliphatic carbocycles. The molecule has 1 aliphatic heterocycles. The Morgan fingerprint density at radius 1 is 1.17 bits per heavy atom. The first-order chi connectivity index (χ1) is 13.9. The van der Waals surface area contributed by atoms with E-state index in [1.807, 2.05) is 38.1 Å². The van der Waals surface area contributed by atoms with Crippen LogP contribution in [0, 0.1) is 5.92 Å². The van der Waals surface area contributed by atoms with Crippen molar-refractivity contribution in [3.05, 3.63) is 41.1 Å². The number of carbonyl (C=O) groups excluding carboxylic acids is 2. The number of amides is 1. The number of ether oxygens (including phenoxy) is 2. The van der Waals surface area contributed by atoms with Crippen LogP contribution >= 0.6 is 0 Å². The lowest BCUT2D eigenvalue weighted by Gasteiger charge is -2.35. The Hall–Kier alpha value is -2.47. The van der Waals surface area contributed by atoms with Gasteiger partial charge in [0, 0.05) is 24.2 Å². The zero-order valence-corrected chi connectivity index (χ0v) is 17.3. The second-order valence-corrected chi connectivity index (χ2v) is 8.41. The first-order valence-electron chi connectivity index (χ1n) is 10.4. The Bertz CT molecular complexity index is 932. The Morgan fingerprint density at radius 2 is 1.90 bits per heavy atom. The van der Waals surface area contributed by atoms with Gasteiger partial charge in [-0.15, -0.1) is 0 Å². The van der Waals surface area contributed by atoms with E-state index in [1.165, 1.54) is 0 Å². The molecular formula is C23H28N2O4. The number of rotatable bonds is 3. The lowest BCUT2D eigenvalue weighted by molar-refractivity contribution is -0.146. The van der Waals surface area contributed by atoms with Crippen molar-refractivity contribution >= 4 is 22.8 Å². The van der Waals surface area contributed by atoms with Crippen molar-refractivity contribution in [2.45, 2.75) is 52.2 Å². The maximum absolute atomic E-state index is 13.1. The van der Waals surface area contributed by atoms with E-state index in [0.29, 0.717) is 24.6 Å². The minimum atomic E-state index is -0.434. The smallest absolute Gasteiger partial charge is 0.339 e. The summed E-state index contributed by atoms with van der Waals surface area (Å²) in [5.74, 6) is -0.118. The third kappa shape index (κ3) is 4.13. The lowest BCUT2D eigenvalue weighted by Crippen LogP contribution is -2.49. The normalized spacial score (nSPS) is 24.2. The van der Waals surface area contributed by atoms with Gasteiger partial charge in [0.2, 0.25) is 0 Å². The number of aromatic nitrogens is 1. The summed E-state index contributed by atoms with van der Waals surface area (Å²) < 4.78 is 11.2. The number of para-hydroxylation sites is 1. The van der Waals surface area contributed by atoms with Crippen molar-refractivity contribution in [3.8, 4) is 0 Å². The third-order valence-corrected chi connectivity index (χ3v) is 5.81. The molecule has 1 aromatic carbocycles. The predicted molar refractivity (Wildman–Crippen MR) is 110 cm³/mol. The highest BCUT2D eigenvalue weighted by Gasteiger charge is 2.29. The predicted octanol–water partition coefficient (Wildman–Crippen LogP) is 3.15. The zero-order chi connectivity index (χ0) is 20.5. The molecule has 0 saturated carbocycles. The molecule has 2 aliphatic rings. The molecule has 1 amide bonds. The Labute approximate surface area is 171 Å². The van der Waals surface area contributed by atoms with E-state index < -0.39 is 5.97 Å². The highest BCUT2D eigenvalue weighted by molar-refractivity contribution is 6.05.